The van der Waals surface area contributed by atoms with Crippen molar-refractivity contribution in [1.29, 1.82) is 0 Å². The van der Waals surface area contributed by atoms with E-state index < -0.39 is 29.9 Å². The van der Waals surface area contributed by atoms with Gasteiger partial charge in [-0.1, -0.05) is 72.2 Å². The van der Waals surface area contributed by atoms with Crippen LogP contribution >= 0.6 is 35.1 Å². The Hall–Kier alpha value is -3.99. The van der Waals surface area contributed by atoms with Crippen molar-refractivity contribution in [3.63, 3.8) is 0 Å². The van der Waals surface area contributed by atoms with Crippen molar-refractivity contribution in [1.82, 2.24) is 15.3 Å². The third-order valence-corrected chi connectivity index (χ3v) is 8.11. The molecule has 0 spiro atoms. The van der Waals surface area contributed by atoms with E-state index in [1.165, 1.54) is 0 Å². The second-order valence-electron chi connectivity index (χ2n) is 9.78. The van der Waals surface area contributed by atoms with E-state index in [1.807, 2.05) is 12.1 Å². The number of halogens is 4. The second kappa shape index (κ2) is 11.0. The number of hydrazone groups is 1. The number of aromatic amines is 1. The summed E-state index contributed by atoms with van der Waals surface area (Å²) >= 11 is 13.2. The third kappa shape index (κ3) is 5.33. The second-order valence-corrected chi connectivity index (χ2v) is 11.5. The average Bonchev–Trinajstić information content (AvgIpc) is 3.58. The van der Waals surface area contributed by atoms with Crippen LogP contribution in [0.4, 0.5) is 8.78 Å². The lowest BCUT2D eigenvalue weighted by Crippen LogP contribution is -2.43. The molecule has 12 heteroatoms. The molecule has 0 fully saturated rings. The maximum absolute atomic E-state index is 15.5. The number of nitrogens with zero attached hydrogens (tertiary/aromatic N) is 3. The van der Waals surface area contributed by atoms with E-state index >= 15 is 8.78 Å². The zero-order valence-electron chi connectivity index (χ0n) is 21.7. The number of aromatic nitrogens is 1. The minimum Gasteiger partial charge on any atom is -0.337 e. The van der Waals surface area contributed by atoms with E-state index in [1.54, 1.807) is 60.7 Å². The number of nitrogens with one attached hydrogen (secondary N) is 2. The number of H-pyrrole nitrogens is 1. The molecule has 6 rings (SSSR count). The third-order valence-electron chi connectivity index (χ3n) is 6.97. The van der Waals surface area contributed by atoms with E-state index in [0.29, 0.717) is 37.3 Å². The maximum Gasteiger partial charge on any atom is 0.333 e. The standard InChI is InChI=1S/C30H21Cl2F2N5O2S/c1-16-35-25(38-42-16)15-30(33,34)29(41)39-24(17-6-10-19(31)11-7-17)14-23(37-39)27-26(18-8-12-20(32)13-9-18)21-4-2-3-5-22(21)36-28(27)40/h2-13,24H,1,14-15H2,(H,35,38)(H,36,40)/t24-/m0/s1. The van der Waals surface area contributed by atoms with Gasteiger partial charge in [0.2, 0.25) is 0 Å². The first kappa shape index (κ1) is 28.1. The summed E-state index contributed by atoms with van der Waals surface area (Å²) in [7, 11) is 0. The zero-order chi connectivity index (χ0) is 29.6. The van der Waals surface area contributed by atoms with Crippen molar-refractivity contribution in [2.45, 2.75) is 24.8 Å². The number of pyridine rings is 1. The maximum atomic E-state index is 15.5. The fourth-order valence-electron chi connectivity index (χ4n) is 5.07. The van der Waals surface area contributed by atoms with Gasteiger partial charge in [-0.05, 0) is 41.5 Å². The van der Waals surface area contributed by atoms with E-state index in [4.69, 9.17) is 23.2 Å². The first-order valence-corrected chi connectivity index (χ1v) is 14.3. The molecule has 1 amide bonds. The summed E-state index contributed by atoms with van der Waals surface area (Å²) in [5, 5.41) is 9.92. The van der Waals surface area contributed by atoms with Gasteiger partial charge < -0.3 is 10.3 Å². The van der Waals surface area contributed by atoms with Gasteiger partial charge in [0.05, 0.1) is 28.8 Å². The van der Waals surface area contributed by atoms with E-state index in [0.717, 1.165) is 22.3 Å². The number of carbonyl (C=O) groups excluding carboxylic acids is 1. The van der Waals surface area contributed by atoms with Crippen molar-refractivity contribution < 1.29 is 13.6 Å². The lowest BCUT2D eigenvalue weighted by atomic mass is 9.91. The van der Waals surface area contributed by atoms with Crippen LogP contribution in [-0.4, -0.2) is 33.4 Å². The molecular formula is C30H21Cl2F2N5O2S. The van der Waals surface area contributed by atoms with Crippen LogP contribution in [0, 0.1) is 0 Å². The summed E-state index contributed by atoms with van der Waals surface area (Å²) in [4.78, 5) is 30.0. The molecule has 4 aromatic rings. The normalized spacial score (nSPS) is 16.9. The number of alkyl halides is 2. The summed E-state index contributed by atoms with van der Waals surface area (Å²) in [6.07, 6.45) is -0.948. The van der Waals surface area contributed by atoms with Crippen LogP contribution in [0.1, 0.15) is 30.0 Å². The quantitative estimate of drug-likeness (QED) is 0.220. The number of rotatable bonds is 6. The van der Waals surface area contributed by atoms with Gasteiger partial charge >= 0.3 is 11.8 Å². The van der Waals surface area contributed by atoms with Crippen molar-refractivity contribution in [2.24, 2.45) is 9.50 Å². The van der Waals surface area contributed by atoms with Gasteiger partial charge in [0.1, 0.15) is 5.84 Å². The molecule has 1 aromatic heterocycles. The Balaban J connectivity index is 1.49. The molecule has 2 N–H and O–H groups in total. The zero-order valence-corrected chi connectivity index (χ0v) is 24.0. The molecule has 3 aromatic carbocycles. The highest BCUT2D eigenvalue weighted by Crippen LogP contribution is 2.40. The number of hydrogen-bond acceptors (Lipinski definition) is 6. The minimum atomic E-state index is -3.85. The van der Waals surface area contributed by atoms with Crippen LogP contribution in [-0.2, 0) is 4.79 Å². The fraction of sp³-hybridized carbons (Fsp3) is 0.133. The Morgan fingerprint density at radius 2 is 1.69 bits per heavy atom. The van der Waals surface area contributed by atoms with E-state index in [9.17, 15) is 9.59 Å². The lowest BCUT2D eigenvalue weighted by Gasteiger charge is -2.26. The summed E-state index contributed by atoms with van der Waals surface area (Å²) in [6, 6.07) is 19.8. The van der Waals surface area contributed by atoms with Crippen LogP contribution in [0.2, 0.25) is 10.0 Å². The SMILES string of the molecule is C=C1NC(CC(F)(F)C(=O)N2N=C(c3c(-c4ccc(Cl)cc4)c4ccccc4[nH]c3=O)C[C@H]2c2ccc(Cl)cc2)=NS1. The molecule has 0 aliphatic carbocycles. The Morgan fingerprint density at radius 1 is 1.02 bits per heavy atom. The van der Waals surface area contributed by atoms with Gasteiger partial charge in [0, 0.05) is 44.9 Å². The van der Waals surface area contributed by atoms with Gasteiger partial charge in [-0.3, -0.25) is 9.59 Å². The molecule has 0 unspecified atom stereocenters. The van der Waals surface area contributed by atoms with Crippen LogP contribution in [0.15, 0.2) is 98.7 Å². The van der Waals surface area contributed by atoms with Crippen LogP contribution in [0.3, 0.4) is 0 Å². The highest BCUT2D eigenvalue weighted by molar-refractivity contribution is 8.02. The number of amides is 1. The summed E-state index contributed by atoms with van der Waals surface area (Å²) in [6.45, 7) is 3.65. The van der Waals surface area contributed by atoms with E-state index in [2.05, 4.69) is 26.4 Å². The molecule has 42 heavy (non-hydrogen) atoms. The largest absolute Gasteiger partial charge is 0.337 e. The highest BCUT2D eigenvalue weighted by atomic mass is 35.5. The molecule has 7 nitrogen and oxygen atoms in total. The first-order valence-electron chi connectivity index (χ1n) is 12.8. The van der Waals surface area contributed by atoms with Crippen molar-refractivity contribution in [3.8, 4) is 11.1 Å². The van der Waals surface area contributed by atoms with Crippen molar-refractivity contribution in [3.05, 3.63) is 116 Å². The van der Waals surface area contributed by atoms with Gasteiger partial charge in [-0.2, -0.15) is 18.3 Å². The summed E-state index contributed by atoms with van der Waals surface area (Å²) in [5.74, 6) is -5.43. The number of carbonyl (C=O) groups is 1. The molecule has 2 aliphatic heterocycles. The van der Waals surface area contributed by atoms with Gasteiger partial charge in [0.25, 0.3) is 5.56 Å². The van der Waals surface area contributed by atoms with Gasteiger partial charge in [0.15, 0.2) is 0 Å². The molecular weight excluding hydrogens is 603 g/mol. The predicted molar refractivity (Wildman–Crippen MR) is 164 cm³/mol. The molecule has 0 saturated carbocycles. The van der Waals surface area contributed by atoms with Gasteiger partial charge in [-0.15, -0.1) is 0 Å². The highest BCUT2D eigenvalue weighted by Gasteiger charge is 2.48. The number of amidine groups is 1. The molecule has 0 bridgehead atoms. The number of benzene rings is 3. The average molecular weight is 625 g/mol. The number of hydrogen-bond donors (Lipinski definition) is 2. The summed E-state index contributed by atoms with van der Waals surface area (Å²) in [5.41, 5.74) is 2.27. The molecule has 3 heterocycles. The fourth-order valence-corrected chi connectivity index (χ4v) is 5.82. The topological polar surface area (TPSA) is 89.9 Å². The molecule has 0 radical (unpaired) electrons. The van der Waals surface area contributed by atoms with Crippen LogP contribution < -0.4 is 10.9 Å². The molecule has 212 valence electrons. The molecule has 2 aliphatic rings. The Labute approximate surface area is 253 Å². The van der Waals surface area contributed by atoms with Crippen LogP contribution in [0.5, 0.6) is 0 Å². The van der Waals surface area contributed by atoms with Crippen molar-refractivity contribution >= 4 is 63.5 Å². The first-order chi connectivity index (χ1) is 20.1. The Morgan fingerprint density at radius 3 is 2.36 bits per heavy atom. The number of fused-ring (bicyclic) bond motifs is 1. The Kier molecular flexibility index (Phi) is 7.38. The minimum absolute atomic E-state index is 0.0112. The lowest BCUT2D eigenvalue weighted by molar-refractivity contribution is -0.158. The van der Waals surface area contributed by atoms with E-state index in [-0.39, 0.29) is 23.5 Å². The number of para-hydroxylation sites is 1. The van der Waals surface area contributed by atoms with Gasteiger partial charge in [-0.25, -0.2) is 5.01 Å². The summed E-state index contributed by atoms with van der Waals surface area (Å²) < 4.78 is 34.9. The Bertz CT molecular complexity index is 1860. The molecule has 1 atom stereocenters. The smallest absolute Gasteiger partial charge is 0.333 e. The molecule has 0 saturated heterocycles. The van der Waals surface area contributed by atoms with Crippen LogP contribution in [0.25, 0.3) is 22.0 Å². The van der Waals surface area contributed by atoms with Crippen molar-refractivity contribution in [2.75, 3.05) is 0 Å². The monoisotopic (exact) mass is 623 g/mol. The predicted octanol–water partition coefficient (Wildman–Crippen LogP) is 7.33.